The minimum atomic E-state index is -0.0214. The monoisotopic (exact) mass is 1110 g/mol. The third kappa shape index (κ3) is 12.5. The lowest BCUT2D eigenvalue weighted by Crippen LogP contribution is -2.52. The van der Waals surface area contributed by atoms with E-state index in [2.05, 4.69) is 227 Å². The van der Waals surface area contributed by atoms with Gasteiger partial charge in [0.1, 0.15) is 0 Å². The predicted octanol–water partition coefficient (Wildman–Crippen LogP) is 26.5. The number of unbranched alkanes of at least 4 members (excludes halogenated alkanes) is 16. The summed E-state index contributed by atoms with van der Waals surface area (Å²) in [6.07, 6.45) is 31.5. The number of fused-ring (bicyclic) bond motifs is 7. The standard InChI is InChI=1S/C84H104/c1-11-15-19-23-31-53-83(54-32-24-20-16-12-2)77-58-64(45-49-69(77)70-51-47-66(82(8,9)10)60-78(70)84(83,55-33-25-21-17-13-3)56-34-26-22-18-14-4)63-46-50-73-75(57-63)79(71-43-35-39-61-37-27-29-41-67(61)71)74-52-48-65(81(5,6)7)59-76(74)80(73)72-44-36-40-62-38-28-30-42-68(62)72/h27-30,35-52,57-60H,11-26,31-34,53-56H2,1-10H3. The lowest BCUT2D eigenvalue weighted by Gasteiger charge is -2.57. The van der Waals surface area contributed by atoms with Crippen LogP contribution in [0.3, 0.4) is 0 Å². The van der Waals surface area contributed by atoms with Crippen LogP contribution in [0.1, 0.15) is 246 Å². The van der Waals surface area contributed by atoms with E-state index in [9.17, 15) is 0 Å². The Morgan fingerprint density at radius 3 is 1.10 bits per heavy atom. The summed E-state index contributed by atoms with van der Waals surface area (Å²) in [4.78, 5) is 0. The fourth-order valence-electron chi connectivity index (χ4n) is 15.7. The summed E-state index contributed by atoms with van der Waals surface area (Å²) >= 11 is 0. The van der Waals surface area contributed by atoms with Crippen LogP contribution in [-0.2, 0) is 21.7 Å². The molecule has 0 bridgehead atoms. The summed E-state index contributed by atoms with van der Waals surface area (Å²) in [6.45, 7) is 24.0. The van der Waals surface area contributed by atoms with Crippen LogP contribution in [0.5, 0.6) is 0 Å². The zero-order valence-corrected chi connectivity index (χ0v) is 54.0. The molecule has 0 aliphatic heterocycles. The minimum absolute atomic E-state index is 0.00323. The fraction of sp³-hybridized carbons (Fsp3) is 0.452. The Hall–Kier alpha value is -5.98. The molecule has 10 rings (SSSR count). The number of rotatable bonds is 27. The Morgan fingerprint density at radius 2 is 0.631 bits per heavy atom. The summed E-state index contributed by atoms with van der Waals surface area (Å²) in [5.41, 5.74) is 17.3. The lowest BCUT2D eigenvalue weighted by atomic mass is 9.46. The Balaban J connectivity index is 1.29. The van der Waals surface area contributed by atoms with Crippen LogP contribution in [0.4, 0.5) is 0 Å². The van der Waals surface area contributed by atoms with E-state index in [4.69, 9.17) is 0 Å². The molecule has 0 nitrogen and oxygen atoms in total. The first-order chi connectivity index (χ1) is 40.8. The van der Waals surface area contributed by atoms with Crippen LogP contribution >= 0.6 is 0 Å². The molecule has 0 aromatic heterocycles. The maximum Gasteiger partial charge on any atom is 0.00564 e. The van der Waals surface area contributed by atoms with Crippen molar-refractivity contribution in [2.24, 2.45) is 0 Å². The molecule has 0 unspecified atom stereocenters. The summed E-state index contributed by atoms with van der Waals surface area (Å²) < 4.78 is 0. The Morgan fingerprint density at radius 1 is 0.274 bits per heavy atom. The van der Waals surface area contributed by atoms with Gasteiger partial charge in [0, 0.05) is 10.8 Å². The highest BCUT2D eigenvalue weighted by molar-refractivity contribution is 6.25. The second-order valence-corrected chi connectivity index (χ2v) is 28.2. The van der Waals surface area contributed by atoms with Crippen molar-refractivity contribution >= 4 is 43.1 Å². The van der Waals surface area contributed by atoms with E-state index in [-0.39, 0.29) is 21.7 Å². The molecule has 0 N–H and O–H groups in total. The molecule has 84 heavy (non-hydrogen) atoms. The molecule has 0 heteroatoms. The topological polar surface area (TPSA) is 0 Å². The van der Waals surface area contributed by atoms with Gasteiger partial charge in [-0.15, -0.1) is 0 Å². The van der Waals surface area contributed by atoms with Crippen LogP contribution in [-0.4, -0.2) is 0 Å². The highest BCUT2D eigenvalue weighted by Gasteiger charge is 2.56. The van der Waals surface area contributed by atoms with Gasteiger partial charge in [0.05, 0.1) is 0 Å². The van der Waals surface area contributed by atoms with E-state index in [0.29, 0.717) is 0 Å². The van der Waals surface area contributed by atoms with Gasteiger partial charge in [-0.1, -0.05) is 337 Å². The third-order valence-corrected chi connectivity index (χ3v) is 20.4. The van der Waals surface area contributed by atoms with Crippen LogP contribution in [0.15, 0.2) is 158 Å². The van der Waals surface area contributed by atoms with Crippen molar-refractivity contribution < 1.29 is 0 Å². The smallest absolute Gasteiger partial charge is 0.00564 e. The van der Waals surface area contributed by atoms with E-state index in [0.717, 1.165) is 0 Å². The van der Waals surface area contributed by atoms with Crippen molar-refractivity contribution in [2.75, 3.05) is 0 Å². The van der Waals surface area contributed by atoms with E-state index < -0.39 is 0 Å². The van der Waals surface area contributed by atoms with Crippen molar-refractivity contribution in [1.82, 2.24) is 0 Å². The molecule has 0 heterocycles. The first-order valence-electron chi connectivity index (χ1n) is 34.1. The Labute approximate surface area is 509 Å². The molecule has 1 aliphatic carbocycles. The molecular weight excluding hydrogens is 1010 g/mol. The van der Waals surface area contributed by atoms with E-state index >= 15 is 0 Å². The number of hydrogen-bond donors (Lipinski definition) is 0. The van der Waals surface area contributed by atoms with Gasteiger partial charge >= 0.3 is 0 Å². The molecule has 9 aromatic rings. The number of hydrogen-bond acceptors (Lipinski definition) is 0. The van der Waals surface area contributed by atoms with Crippen LogP contribution in [0, 0.1) is 0 Å². The zero-order valence-electron chi connectivity index (χ0n) is 54.0. The molecule has 0 amide bonds. The van der Waals surface area contributed by atoms with Gasteiger partial charge in [-0.3, -0.25) is 0 Å². The molecule has 440 valence electrons. The van der Waals surface area contributed by atoms with Crippen LogP contribution in [0.25, 0.3) is 87.6 Å². The van der Waals surface area contributed by atoms with Gasteiger partial charge in [-0.25, -0.2) is 0 Å². The van der Waals surface area contributed by atoms with Gasteiger partial charge in [-0.2, -0.15) is 0 Å². The summed E-state index contributed by atoms with van der Waals surface area (Å²) in [6, 6.07) is 63.1. The van der Waals surface area contributed by atoms with Gasteiger partial charge in [-0.05, 0) is 165 Å². The molecule has 1 aliphatic rings. The highest BCUT2D eigenvalue weighted by Crippen LogP contribution is 2.64. The third-order valence-electron chi connectivity index (χ3n) is 20.4. The summed E-state index contributed by atoms with van der Waals surface area (Å²) in [5.74, 6) is 0. The fourth-order valence-corrected chi connectivity index (χ4v) is 15.7. The van der Waals surface area contributed by atoms with Gasteiger partial charge < -0.3 is 0 Å². The van der Waals surface area contributed by atoms with E-state index in [1.54, 1.807) is 11.1 Å². The van der Waals surface area contributed by atoms with Crippen LogP contribution in [0.2, 0.25) is 0 Å². The Kier molecular flexibility index (Phi) is 19.8. The zero-order chi connectivity index (χ0) is 58.9. The van der Waals surface area contributed by atoms with Crippen molar-refractivity contribution in [3.8, 4) is 44.5 Å². The summed E-state index contributed by atoms with van der Waals surface area (Å²) in [5, 5.41) is 10.4. The van der Waals surface area contributed by atoms with E-state index in [1.165, 1.54) is 253 Å². The average Bonchev–Trinajstić information content (AvgIpc) is 0.804. The highest BCUT2D eigenvalue weighted by atomic mass is 14.6. The molecule has 0 atom stereocenters. The maximum absolute atomic E-state index is 2.82. The molecular formula is C84H104. The van der Waals surface area contributed by atoms with E-state index in [1.807, 2.05) is 0 Å². The molecule has 0 fully saturated rings. The Bertz CT molecular complexity index is 3620. The average molecular weight is 1110 g/mol. The minimum Gasteiger partial charge on any atom is -0.0654 e. The molecule has 0 saturated heterocycles. The van der Waals surface area contributed by atoms with Crippen molar-refractivity contribution in [2.45, 2.75) is 245 Å². The predicted molar refractivity (Wildman–Crippen MR) is 372 cm³/mol. The molecule has 9 aromatic carbocycles. The van der Waals surface area contributed by atoms with Crippen LogP contribution < -0.4 is 0 Å². The number of benzene rings is 9. The second kappa shape index (κ2) is 27.2. The maximum atomic E-state index is 2.82. The SMILES string of the molecule is CCCCCCCC1(CCCCCCC)c2cc(-c3ccc4c(-c5cccc6ccccc56)c5cc(C(C)(C)C)ccc5c(-c5cccc6ccccc56)c4c3)ccc2-c2ccc(C(C)(C)C)cc2C1(CCCCCCC)CCCCCCC. The largest absolute Gasteiger partial charge is 0.0654 e. The second-order valence-electron chi connectivity index (χ2n) is 28.2. The van der Waals surface area contributed by atoms with Gasteiger partial charge in [0.2, 0.25) is 0 Å². The van der Waals surface area contributed by atoms with Crippen molar-refractivity contribution in [3.05, 3.63) is 180 Å². The van der Waals surface area contributed by atoms with Gasteiger partial charge in [0.25, 0.3) is 0 Å². The molecule has 0 spiro atoms. The van der Waals surface area contributed by atoms with Crippen molar-refractivity contribution in [1.29, 1.82) is 0 Å². The summed E-state index contributed by atoms with van der Waals surface area (Å²) in [7, 11) is 0. The quantitative estimate of drug-likeness (QED) is 0.0356. The molecule has 0 saturated carbocycles. The lowest BCUT2D eigenvalue weighted by molar-refractivity contribution is 0.134. The first-order valence-corrected chi connectivity index (χ1v) is 34.1. The first kappa shape index (κ1) is 61.1. The molecule has 0 radical (unpaired) electrons. The van der Waals surface area contributed by atoms with Crippen molar-refractivity contribution in [3.63, 3.8) is 0 Å². The normalized spacial score (nSPS) is 14.0. The van der Waals surface area contributed by atoms with Gasteiger partial charge in [0.15, 0.2) is 0 Å².